The first-order chi connectivity index (χ1) is 14.2. The summed E-state index contributed by atoms with van der Waals surface area (Å²) < 4.78 is 23.2. The molecule has 5 atom stereocenters. The number of ether oxygens (including phenoxy) is 4. The lowest BCUT2D eigenvalue weighted by atomic mass is 9.98. The number of hydrogen-bond donors (Lipinski definition) is 2. The van der Waals surface area contributed by atoms with Gasteiger partial charge in [-0.2, -0.15) is 0 Å². The summed E-state index contributed by atoms with van der Waals surface area (Å²) in [4.78, 5) is 34.9. The average molecular weight is 421 g/mol. The van der Waals surface area contributed by atoms with E-state index in [-0.39, 0.29) is 11.7 Å². The van der Waals surface area contributed by atoms with E-state index in [0.29, 0.717) is 10.9 Å². The number of aromatic nitrogens is 1. The number of fused-ring (bicyclic) bond motifs is 1. The van der Waals surface area contributed by atoms with Crippen molar-refractivity contribution in [2.24, 2.45) is 0 Å². The Morgan fingerprint density at radius 3 is 2.30 bits per heavy atom. The zero-order valence-corrected chi connectivity index (χ0v) is 16.7. The van der Waals surface area contributed by atoms with Crippen LogP contribution in [0.25, 0.3) is 10.9 Å². The summed E-state index contributed by atoms with van der Waals surface area (Å²) in [6, 6.07) is 6.99. The highest BCUT2D eigenvalue weighted by atomic mass is 16.7. The Morgan fingerprint density at radius 2 is 1.70 bits per heavy atom. The van der Waals surface area contributed by atoms with E-state index < -0.39 is 49.3 Å². The molecule has 1 fully saturated rings. The molecule has 10 heteroatoms. The Labute approximate surface area is 171 Å². The minimum absolute atomic E-state index is 0.245. The third-order valence-corrected chi connectivity index (χ3v) is 4.66. The van der Waals surface area contributed by atoms with Gasteiger partial charge in [-0.3, -0.25) is 19.0 Å². The van der Waals surface area contributed by atoms with Crippen molar-refractivity contribution < 1.29 is 43.5 Å². The number of nitrogens with zero attached hydrogens (tertiary/aromatic N) is 1. The summed E-state index contributed by atoms with van der Waals surface area (Å²) in [5.74, 6) is -1.42. The topological polar surface area (TPSA) is 134 Å². The van der Waals surface area contributed by atoms with Gasteiger partial charge in [0.1, 0.15) is 18.0 Å². The molecule has 0 radical (unpaired) electrons. The lowest BCUT2D eigenvalue weighted by molar-refractivity contribution is -0.284. The van der Waals surface area contributed by atoms with Crippen molar-refractivity contribution in [3.05, 3.63) is 30.5 Å². The highest BCUT2D eigenvalue weighted by Gasteiger charge is 2.50. The number of aliphatic hydroxyl groups excluding tert-OH is 2. The Hall–Kier alpha value is -2.95. The van der Waals surface area contributed by atoms with Crippen LogP contribution in [0.15, 0.2) is 30.5 Å². The van der Waals surface area contributed by atoms with Crippen LogP contribution in [0.3, 0.4) is 0 Å². The maximum atomic E-state index is 12.0. The first kappa shape index (κ1) is 21.8. The number of hydrogen-bond acceptors (Lipinski definition) is 9. The summed E-state index contributed by atoms with van der Waals surface area (Å²) in [6.45, 7) is 3.09. The van der Waals surface area contributed by atoms with E-state index in [1.54, 1.807) is 24.3 Å². The number of aliphatic hydroxyl groups is 2. The normalized spacial score (nSPS) is 26.2. The van der Waals surface area contributed by atoms with E-state index in [4.69, 9.17) is 18.9 Å². The second-order valence-electron chi connectivity index (χ2n) is 6.88. The molecule has 30 heavy (non-hydrogen) atoms. The Morgan fingerprint density at radius 1 is 1.07 bits per heavy atom. The molecule has 1 aromatic heterocycles. The molecular formula is C20H23NO9. The van der Waals surface area contributed by atoms with Gasteiger partial charge in [-0.05, 0) is 12.1 Å². The van der Waals surface area contributed by atoms with Crippen molar-refractivity contribution in [1.29, 1.82) is 0 Å². The molecular weight excluding hydrogens is 398 g/mol. The van der Waals surface area contributed by atoms with Gasteiger partial charge < -0.3 is 29.2 Å². The molecule has 3 rings (SSSR count). The molecule has 10 nitrogen and oxygen atoms in total. The smallest absolute Gasteiger partial charge is 0.303 e. The maximum Gasteiger partial charge on any atom is 0.303 e. The first-order valence-electron chi connectivity index (χ1n) is 9.29. The molecule has 2 heterocycles. The van der Waals surface area contributed by atoms with Gasteiger partial charge in [0.15, 0.2) is 12.2 Å². The van der Waals surface area contributed by atoms with E-state index in [1.807, 2.05) is 0 Å². The fraction of sp³-hybridized carbons (Fsp3) is 0.450. The summed E-state index contributed by atoms with van der Waals surface area (Å²) in [6.07, 6.45) is -5.14. The van der Waals surface area contributed by atoms with Gasteiger partial charge in [-0.25, -0.2) is 0 Å². The Balaban J connectivity index is 1.97. The van der Waals surface area contributed by atoms with Crippen molar-refractivity contribution in [2.75, 3.05) is 6.61 Å². The highest BCUT2D eigenvalue weighted by Crippen LogP contribution is 2.33. The number of rotatable bonds is 5. The van der Waals surface area contributed by atoms with E-state index in [0.717, 1.165) is 13.8 Å². The summed E-state index contributed by atoms with van der Waals surface area (Å²) in [7, 11) is 0. The van der Waals surface area contributed by atoms with Gasteiger partial charge in [0, 0.05) is 26.2 Å². The number of esters is 2. The van der Waals surface area contributed by atoms with Crippen molar-refractivity contribution in [3.63, 3.8) is 0 Å². The molecule has 1 aromatic carbocycles. The fourth-order valence-corrected chi connectivity index (χ4v) is 3.42. The van der Waals surface area contributed by atoms with Crippen molar-refractivity contribution in [3.8, 4) is 5.75 Å². The van der Waals surface area contributed by atoms with Crippen molar-refractivity contribution in [1.82, 2.24) is 4.57 Å². The zero-order valence-electron chi connectivity index (χ0n) is 16.7. The monoisotopic (exact) mass is 421 g/mol. The number of benzene rings is 1. The third kappa shape index (κ3) is 4.30. The maximum absolute atomic E-state index is 12.0. The summed E-state index contributed by atoms with van der Waals surface area (Å²) in [5.41, 5.74) is 0.594. The molecule has 0 spiro atoms. The van der Waals surface area contributed by atoms with Crippen LogP contribution in [-0.4, -0.2) is 69.9 Å². The lowest BCUT2D eigenvalue weighted by Crippen LogP contribution is -2.62. The molecule has 0 unspecified atom stereocenters. The van der Waals surface area contributed by atoms with Gasteiger partial charge in [0.25, 0.3) is 0 Å². The second kappa shape index (κ2) is 8.82. The van der Waals surface area contributed by atoms with E-state index in [9.17, 15) is 24.6 Å². The van der Waals surface area contributed by atoms with Crippen LogP contribution in [0.1, 0.15) is 25.6 Å². The standard InChI is InChI=1S/C20H23NO9/c1-10(23)21-8-15(13-6-4-5-7-14(13)21)29-20-19(28-12(3)25)17(26)18(27-11(2)24)16(9-22)30-20/h4-8,16-20,22,26H,9H2,1-3H3/t16-,17+,18-,19-,20-/m1/s1. The molecule has 162 valence electrons. The van der Waals surface area contributed by atoms with Crippen molar-refractivity contribution >= 4 is 28.7 Å². The van der Waals surface area contributed by atoms with Crippen LogP contribution in [0.2, 0.25) is 0 Å². The zero-order chi connectivity index (χ0) is 22.0. The third-order valence-electron chi connectivity index (χ3n) is 4.66. The average Bonchev–Trinajstić information content (AvgIpc) is 3.05. The molecule has 1 aliphatic heterocycles. The predicted octanol–water partition coefficient (Wildman–Crippen LogP) is 0.622. The summed E-state index contributed by atoms with van der Waals surface area (Å²) in [5, 5.41) is 20.9. The van der Waals surface area contributed by atoms with E-state index in [2.05, 4.69) is 0 Å². The minimum Gasteiger partial charge on any atom is -0.458 e. The molecule has 1 aliphatic rings. The van der Waals surface area contributed by atoms with Crippen LogP contribution in [0.5, 0.6) is 5.75 Å². The molecule has 0 amide bonds. The summed E-state index contributed by atoms with van der Waals surface area (Å²) >= 11 is 0. The molecule has 2 N–H and O–H groups in total. The van der Waals surface area contributed by atoms with E-state index in [1.165, 1.54) is 17.7 Å². The van der Waals surface area contributed by atoms with E-state index >= 15 is 0 Å². The molecule has 0 saturated carbocycles. The fourth-order valence-electron chi connectivity index (χ4n) is 3.42. The van der Waals surface area contributed by atoms with Gasteiger partial charge in [0.05, 0.1) is 18.3 Å². The Bertz CT molecular complexity index is 953. The lowest BCUT2D eigenvalue weighted by Gasteiger charge is -2.42. The second-order valence-corrected chi connectivity index (χ2v) is 6.88. The van der Waals surface area contributed by atoms with Crippen molar-refractivity contribution in [2.45, 2.75) is 51.5 Å². The first-order valence-corrected chi connectivity index (χ1v) is 9.29. The molecule has 0 aliphatic carbocycles. The number of para-hydroxylation sites is 1. The quantitative estimate of drug-likeness (QED) is 0.667. The molecule has 0 bridgehead atoms. The Kier molecular flexibility index (Phi) is 6.40. The largest absolute Gasteiger partial charge is 0.458 e. The van der Waals surface area contributed by atoms with Gasteiger partial charge in [0.2, 0.25) is 12.2 Å². The number of carbonyl (C=O) groups excluding carboxylic acids is 3. The number of carbonyl (C=O) groups is 3. The van der Waals surface area contributed by atoms with Gasteiger partial charge >= 0.3 is 11.9 Å². The minimum atomic E-state index is -1.52. The van der Waals surface area contributed by atoms with Crippen LogP contribution in [-0.2, 0) is 23.8 Å². The molecule has 1 saturated heterocycles. The van der Waals surface area contributed by atoms with Crippen LogP contribution >= 0.6 is 0 Å². The van der Waals surface area contributed by atoms with Crippen LogP contribution < -0.4 is 4.74 Å². The van der Waals surface area contributed by atoms with Gasteiger partial charge in [-0.1, -0.05) is 12.1 Å². The SMILES string of the molecule is CC(=O)O[C@H]1[C@H](Oc2cn(C(C)=O)c3ccccc23)O[C@H](CO)[C@@H](OC(C)=O)[C@@H]1O. The van der Waals surface area contributed by atoms with Gasteiger partial charge in [-0.15, -0.1) is 0 Å². The van der Waals surface area contributed by atoms with Crippen LogP contribution in [0.4, 0.5) is 0 Å². The highest BCUT2D eigenvalue weighted by molar-refractivity contribution is 5.95. The molecule has 2 aromatic rings. The van der Waals surface area contributed by atoms with Crippen LogP contribution in [0, 0.1) is 0 Å². The predicted molar refractivity (Wildman–Crippen MR) is 102 cm³/mol.